The highest BCUT2D eigenvalue weighted by atomic mass is 32.2. The number of benzene rings is 2. The first kappa shape index (κ1) is 22.1. The van der Waals surface area contributed by atoms with Crippen molar-refractivity contribution in [3.05, 3.63) is 64.1 Å². The fraction of sp³-hybridized carbons (Fsp3) is 0.261. The molecule has 1 fully saturated rings. The lowest BCUT2D eigenvalue weighted by molar-refractivity contribution is -0.122. The zero-order valence-corrected chi connectivity index (χ0v) is 18.9. The highest BCUT2D eigenvalue weighted by Gasteiger charge is 2.31. The quantitative estimate of drug-likeness (QED) is 0.489. The molecule has 0 unspecified atom stereocenters. The molecular weight excluding hydrogens is 416 g/mol. The maximum absolute atomic E-state index is 12.7. The highest BCUT2D eigenvalue weighted by Crippen LogP contribution is 2.33. The van der Waals surface area contributed by atoms with E-state index in [0.29, 0.717) is 28.6 Å². The minimum absolute atomic E-state index is 0.0735. The third-order valence-corrected chi connectivity index (χ3v) is 6.22. The fourth-order valence-corrected chi connectivity index (χ4v) is 4.32. The second kappa shape index (κ2) is 9.91. The maximum Gasteiger partial charge on any atom is 0.266 e. The lowest BCUT2D eigenvalue weighted by Crippen LogP contribution is -2.29. The van der Waals surface area contributed by atoms with Gasteiger partial charge in [0.25, 0.3) is 5.91 Å². The van der Waals surface area contributed by atoms with E-state index in [9.17, 15) is 9.59 Å². The minimum atomic E-state index is -0.123. The second-order valence-electron chi connectivity index (χ2n) is 7.06. The number of carbonyl (C=O) groups is 2. The molecule has 3 rings (SSSR count). The number of thioether (sulfide) groups is 1. The van der Waals surface area contributed by atoms with Crippen molar-refractivity contribution in [2.24, 2.45) is 0 Å². The zero-order chi connectivity index (χ0) is 21.7. The van der Waals surface area contributed by atoms with E-state index in [2.05, 4.69) is 5.32 Å². The number of methoxy groups -OCH3 is 1. The molecule has 0 atom stereocenters. The Kier molecular flexibility index (Phi) is 7.29. The molecule has 0 radical (unpaired) electrons. The number of nitrogens with one attached hydrogen (secondary N) is 1. The summed E-state index contributed by atoms with van der Waals surface area (Å²) in [6.07, 6.45) is 2.67. The van der Waals surface area contributed by atoms with Gasteiger partial charge in [0.1, 0.15) is 10.1 Å². The third kappa shape index (κ3) is 5.49. The molecular formula is C23H24N2O3S2. The van der Waals surface area contributed by atoms with Crippen LogP contribution in [0.25, 0.3) is 6.08 Å². The topological polar surface area (TPSA) is 58.6 Å². The summed E-state index contributed by atoms with van der Waals surface area (Å²) in [4.78, 5) is 27.1. The van der Waals surface area contributed by atoms with Crippen molar-refractivity contribution < 1.29 is 14.3 Å². The summed E-state index contributed by atoms with van der Waals surface area (Å²) in [5.74, 6) is 0.534. The molecule has 156 valence electrons. The molecule has 2 amide bonds. The number of aryl methyl sites for hydroxylation is 2. The van der Waals surface area contributed by atoms with Crippen LogP contribution in [0.15, 0.2) is 47.4 Å². The number of anilines is 1. The lowest BCUT2D eigenvalue weighted by atomic mass is 10.1. The van der Waals surface area contributed by atoms with E-state index >= 15 is 0 Å². The van der Waals surface area contributed by atoms with Crippen molar-refractivity contribution in [1.29, 1.82) is 0 Å². The molecule has 0 spiro atoms. The Labute approximate surface area is 186 Å². The molecule has 1 N–H and O–H groups in total. The number of rotatable bonds is 7. The summed E-state index contributed by atoms with van der Waals surface area (Å²) in [6.45, 7) is 4.46. The van der Waals surface area contributed by atoms with Crippen LogP contribution in [0, 0.1) is 13.8 Å². The van der Waals surface area contributed by atoms with Crippen LogP contribution >= 0.6 is 24.0 Å². The van der Waals surface area contributed by atoms with Crippen molar-refractivity contribution in [3.8, 4) is 5.75 Å². The van der Waals surface area contributed by atoms with Crippen LogP contribution in [-0.4, -0.2) is 34.7 Å². The molecule has 1 saturated heterocycles. The number of amides is 2. The Morgan fingerprint density at radius 3 is 2.73 bits per heavy atom. The second-order valence-corrected chi connectivity index (χ2v) is 8.74. The Morgan fingerprint density at radius 1 is 1.20 bits per heavy atom. The first-order chi connectivity index (χ1) is 14.4. The number of ether oxygens (including phenoxy) is 1. The number of nitrogens with zero attached hydrogens (tertiary/aromatic N) is 1. The van der Waals surface area contributed by atoms with Gasteiger partial charge in [-0.15, -0.1) is 0 Å². The zero-order valence-electron chi connectivity index (χ0n) is 17.2. The van der Waals surface area contributed by atoms with Gasteiger partial charge in [-0.25, -0.2) is 0 Å². The molecule has 0 bridgehead atoms. The van der Waals surface area contributed by atoms with E-state index in [1.54, 1.807) is 12.0 Å². The van der Waals surface area contributed by atoms with Crippen molar-refractivity contribution >= 4 is 51.9 Å². The standard InChI is InChI=1S/C23H24N2O3S2/c1-15-9-10-18(12-16(15)2)24-21(26)8-5-11-25-22(27)20(30-23(25)29)14-17-6-4-7-19(13-17)28-3/h4,6-7,9-10,12-14H,5,8,11H2,1-3H3,(H,24,26). The van der Waals surface area contributed by atoms with Gasteiger partial charge < -0.3 is 10.1 Å². The summed E-state index contributed by atoms with van der Waals surface area (Å²) in [5.41, 5.74) is 3.98. The van der Waals surface area contributed by atoms with Gasteiger partial charge in [0, 0.05) is 18.7 Å². The van der Waals surface area contributed by atoms with Crippen LogP contribution < -0.4 is 10.1 Å². The van der Waals surface area contributed by atoms with Crippen molar-refractivity contribution in [1.82, 2.24) is 4.90 Å². The first-order valence-corrected chi connectivity index (χ1v) is 10.9. The number of hydrogen-bond donors (Lipinski definition) is 1. The van der Waals surface area contributed by atoms with Crippen molar-refractivity contribution in [3.63, 3.8) is 0 Å². The monoisotopic (exact) mass is 440 g/mol. The summed E-state index contributed by atoms with van der Waals surface area (Å²) in [6, 6.07) is 13.3. The molecule has 2 aromatic rings. The molecule has 7 heteroatoms. The number of carbonyl (C=O) groups excluding carboxylic acids is 2. The molecule has 2 aromatic carbocycles. The molecule has 1 aliphatic heterocycles. The molecule has 0 aliphatic carbocycles. The molecule has 1 aliphatic rings. The molecule has 0 saturated carbocycles. The van der Waals surface area contributed by atoms with Gasteiger partial charge in [0.05, 0.1) is 12.0 Å². The Bertz CT molecular complexity index is 1020. The van der Waals surface area contributed by atoms with Crippen LogP contribution in [0.5, 0.6) is 5.75 Å². The van der Waals surface area contributed by atoms with E-state index < -0.39 is 0 Å². The Hall–Kier alpha value is -2.64. The van der Waals surface area contributed by atoms with Gasteiger partial charge in [0.2, 0.25) is 5.91 Å². The lowest BCUT2D eigenvalue weighted by Gasteiger charge is -2.14. The molecule has 1 heterocycles. The summed E-state index contributed by atoms with van der Waals surface area (Å²) >= 11 is 6.65. The van der Waals surface area contributed by atoms with E-state index in [0.717, 1.165) is 22.6 Å². The van der Waals surface area contributed by atoms with Gasteiger partial charge in [-0.2, -0.15) is 0 Å². The van der Waals surface area contributed by atoms with Crippen molar-refractivity contribution in [2.45, 2.75) is 26.7 Å². The minimum Gasteiger partial charge on any atom is -0.497 e. The van der Waals surface area contributed by atoms with Gasteiger partial charge in [0.15, 0.2) is 0 Å². The van der Waals surface area contributed by atoms with E-state index in [-0.39, 0.29) is 11.8 Å². The largest absolute Gasteiger partial charge is 0.497 e. The van der Waals surface area contributed by atoms with Crippen molar-refractivity contribution in [2.75, 3.05) is 19.0 Å². The first-order valence-electron chi connectivity index (χ1n) is 9.64. The maximum atomic E-state index is 12.7. The SMILES string of the molecule is COc1cccc(C=C2SC(=S)N(CCCC(=O)Nc3ccc(C)c(C)c3)C2=O)c1. The van der Waals surface area contributed by atoms with Gasteiger partial charge in [-0.05, 0) is 67.3 Å². The van der Waals surface area contributed by atoms with Crippen LogP contribution in [0.1, 0.15) is 29.5 Å². The van der Waals surface area contributed by atoms with Gasteiger partial charge in [-0.1, -0.05) is 42.2 Å². The fourth-order valence-electron chi connectivity index (χ4n) is 3.02. The van der Waals surface area contributed by atoms with Crippen LogP contribution in [-0.2, 0) is 9.59 Å². The third-order valence-electron chi connectivity index (χ3n) is 4.84. The average Bonchev–Trinajstić information content (AvgIpc) is 2.98. The normalized spacial score (nSPS) is 15.0. The number of hydrogen-bond acceptors (Lipinski definition) is 5. The van der Waals surface area contributed by atoms with Gasteiger partial charge >= 0.3 is 0 Å². The Balaban J connectivity index is 1.54. The smallest absolute Gasteiger partial charge is 0.266 e. The van der Waals surface area contributed by atoms with Gasteiger partial charge in [-0.3, -0.25) is 14.5 Å². The summed E-state index contributed by atoms with van der Waals surface area (Å²) < 4.78 is 5.74. The molecule has 5 nitrogen and oxygen atoms in total. The highest BCUT2D eigenvalue weighted by molar-refractivity contribution is 8.26. The predicted molar refractivity (Wildman–Crippen MR) is 127 cm³/mol. The van der Waals surface area contributed by atoms with E-state index in [1.807, 2.05) is 62.4 Å². The molecule has 30 heavy (non-hydrogen) atoms. The number of thiocarbonyl (C=S) groups is 1. The van der Waals surface area contributed by atoms with Crippen LogP contribution in [0.2, 0.25) is 0 Å². The summed E-state index contributed by atoms with van der Waals surface area (Å²) in [7, 11) is 1.61. The van der Waals surface area contributed by atoms with E-state index in [1.165, 1.54) is 17.3 Å². The predicted octanol–water partition coefficient (Wildman–Crippen LogP) is 4.93. The molecule has 0 aromatic heterocycles. The van der Waals surface area contributed by atoms with Crippen LogP contribution in [0.4, 0.5) is 5.69 Å². The van der Waals surface area contributed by atoms with E-state index in [4.69, 9.17) is 17.0 Å². The summed E-state index contributed by atoms with van der Waals surface area (Å²) in [5, 5.41) is 2.91. The van der Waals surface area contributed by atoms with Crippen LogP contribution in [0.3, 0.4) is 0 Å². The Morgan fingerprint density at radius 2 is 2.00 bits per heavy atom. The average molecular weight is 441 g/mol.